The number of benzene rings is 1. The van der Waals surface area contributed by atoms with Gasteiger partial charge in [-0.2, -0.15) is 0 Å². The molecule has 0 fully saturated rings. The van der Waals surface area contributed by atoms with Gasteiger partial charge >= 0.3 is 0 Å². The van der Waals surface area contributed by atoms with Crippen LogP contribution >= 0.6 is 0 Å². The molecule has 0 saturated carbocycles. The third-order valence-electron chi connectivity index (χ3n) is 7.24. The van der Waals surface area contributed by atoms with E-state index in [2.05, 4.69) is 0 Å². The fourth-order valence-corrected chi connectivity index (χ4v) is 5.88. The van der Waals surface area contributed by atoms with Gasteiger partial charge in [-0.15, -0.1) is 0 Å². The number of carbonyl (C=O) groups excluding carboxylic acids is 3. The highest BCUT2D eigenvalue weighted by Gasteiger charge is 2.67. The largest absolute Gasteiger partial charge is 0.510 e. The number of primary amides is 1. The monoisotopic (exact) mass is 458 g/mol. The summed E-state index contributed by atoms with van der Waals surface area (Å²) in [7, 11) is 2.99. The van der Waals surface area contributed by atoms with E-state index in [1.807, 2.05) is 0 Å². The summed E-state index contributed by atoms with van der Waals surface area (Å²) in [5, 5.41) is 55.5. The fourth-order valence-electron chi connectivity index (χ4n) is 5.88. The molecule has 176 valence electrons. The molecule has 0 aromatic heterocycles. The van der Waals surface area contributed by atoms with Crippen molar-refractivity contribution >= 4 is 17.5 Å². The van der Waals surface area contributed by atoms with Gasteiger partial charge in [0.2, 0.25) is 5.78 Å². The summed E-state index contributed by atoms with van der Waals surface area (Å²) in [4.78, 5) is 40.1. The lowest BCUT2D eigenvalue weighted by Gasteiger charge is -2.53. The maximum Gasteiger partial charge on any atom is 0.255 e. The summed E-state index contributed by atoms with van der Waals surface area (Å²) >= 11 is 0. The van der Waals surface area contributed by atoms with Gasteiger partial charge in [-0.25, -0.2) is 0 Å². The van der Waals surface area contributed by atoms with Gasteiger partial charge in [0.05, 0.1) is 23.6 Å². The fraction of sp³-hybridized carbons (Fsp3) is 0.435. The number of carbonyl (C=O) groups is 3. The van der Waals surface area contributed by atoms with Gasteiger partial charge < -0.3 is 31.3 Å². The van der Waals surface area contributed by atoms with E-state index in [4.69, 9.17) is 5.73 Å². The minimum absolute atomic E-state index is 0.0858. The van der Waals surface area contributed by atoms with E-state index >= 15 is 0 Å². The number of ketones is 2. The molecule has 0 aliphatic heterocycles. The molecule has 3 aliphatic rings. The Morgan fingerprint density at radius 3 is 2.36 bits per heavy atom. The molecule has 6 atom stereocenters. The number of nitrogens with two attached hydrogens (primary N) is 1. The number of fused-ring (bicyclic) bond motifs is 3. The number of nitrogens with zero attached hydrogens (tertiary/aromatic N) is 1. The van der Waals surface area contributed by atoms with Crippen molar-refractivity contribution in [2.24, 2.45) is 17.6 Å². The molecule has 0 saturated heterocycles. The highest BCUT2D eigenvalue weighted by atomic mass is 16.4. The summed E-state index contributed by atoms with van der Waals surface area (Å²) < 4.78 is 0. The predicted octanol–water partition coefficient (Wildman–Crippen LogP) is 0.0425. The molecule has 0 spiro atoms. The number of aromatic hydroxyl groups is 1. The Labute approximate surface area is 189 Å². The second-order valence-electron chi connectivity index (χ2n) is 9.02. The average Bonchev–Trinajstić information content (AvgIpc) is 2.73. The zero-order valence-corrected chi connectivity index (χ0v) is 18.3. The molecular formula is C23H26N2O8. The van der Waals surface area contributed by atoms with Crippen molar-refractivity contribution in [2.45, 2.75) is 37.0 Å². The molecule has 0 radical (unpaired) electrons. The minimum Gasteiger partial charge on any atom is -0.510 e. The summed E-state index contributed by atoms with van der Waals surface area (Å²) in [5.74, 6) is -8.75. The minimum atomic E-state index is -2.90. The molecule has 10 heteroatoms. The van der Waals surface area contributed by atoms with Gasteiger partial charge in [-0.1, -0.05) is 19.1 Å². The number of amides is 1. The number of phenolic OH excluding ortho intramolecular Hbond substituents is 1. The Balaban J connectivity index is 2.08. The standard InChI is InChI=1S/C23H26N2O8/c1-4-8-9-6-5-7-10(26)11(9)17(27)13-12(8)18(28)15-16(25(2)3)19(29)14(22(24)32)21(31)23(15,33)20(13)30/h5-8,12,15-16,18,26,28-30,33H,4H2,1-3H3,(H2,24,32)/t8-,12-,15-,16+,18+,23+/m1/s1. The molecular weight excluding hydrogens is 432 g/mol. The molecule has 0 unspecified atom stereocenters. The third-order valence-corrected chi connectivity index (χ3v) is 7.24. The van der Waals surface area contributed by atoms with Crippen molar-refractivity contribution in [3.63, 3.8) is 0 Å². The number of aliphatic hydroxyl groups is 4. The van der Waals surface area contributed by atoms with Crippen LogP contribution in [0.25, 0.3) is 0 Å². The summed E-state index contributed by atoms with van der Waals surface area (Å²) in [6, 6.07) is 3.23. The van der Waals surface area contributed by atoms with E-state index < -0.39 is 75.6 Å². The van der Waals surface area contributed by atoms with Gasteiger partial charge in [-0.3, -0.25) is 19.3 Å². The highest BCUT2D eigenvalue weighted by molar-refractivity contribution is 6.25. The van der Waals surface area contributed by atoms with Crippen molar-refractivity contribution in [1.29, 1.82) is 0 Å². The molecule has 1 aromatic carbocycles. The first-order valence-corrected chi connectivity index (χ1v) is 10.6. The lowest BCUT2D eigenvalue weighted by molar-refractivity contribution is -0.162. The molecule has 7 N–H and O–H groups in total. The molecule has 0 bridgehead atoms. The number of aliphatic hydroxyl groups excluding tert-OH is 3. The summed E-state index contributed by atoms with van der Waals surface area (Å²) in [6.07, 6.45) is -1.19. The van der Waals surface area contributed by atoms with Crippen LogP contribution in [0, 0.1) is 11.8 Å². The Morgan fingerprint density at radius 1 is 1.18 bits per heavy atom. The van der Waals surface area contributed by atoms with Crippen LogP contribution in [0.2, 0.25) is 0 Å². The zero-order valence-electron chi connectivity index (χ0n) is 18.3. The second-order valence-corrected chi connectivity index (χ2v) is 9.02. The topological polar surface area (TPSA) is 182 Å². The van der Waals surface area contributed by atoms with Gasteiger partial charge in [-0.05, 0) is 38.1 Å². The van der Waals surface area contributed by atoms with Crippen LogP contribution in [0.5, 0.6) is 5.75 Å². The number of phenols is 1. The van der Waals surface area contributed by atoms with Crippen LogP contribution < -0.4 is 5.73 Å². The van der Waals surface area contributed by atoms with Crippen LogP contribution in [0.4, 0.5) is 0 Å². The molecule has 3 aliphatic carbocycles. The first kappa shape index (κ1) is 23.0. The van der Waals surface area contributed by atoms with E-state index in [0.29, 0.717) is 12.0 Å². The predicted molar refractivity (Wildman–Crippen MR) is 114 cm³/mol. The second kappa shape index (κ2) is 7.41. The maximum absolute atomic E-state index is 13.4. The first-order chi connectivity index (χ1) is 15.4. The van der Waals surface area contributed by atoms with E-state index in [1.165, 1.54) is 25.1 Å². The number of hydrogen-bond donors (Lipinski definition) is 6. The Morgan fingerprint density at radius 2 is 1.82 bits per heavy atom. The van der Waals surface area contributed by atoms with Crippen molar-refractivity contribution in [2.75, 3.05) is 14.1 Å². The van der Waals surface area contributed by atoms with Crippen molar-refractivity contribution in [1.82, 2.24) is 4.90 Å². The Hall–Kier alpha value is -3.21. The Bertz CT molecular complexity index is 1150. The van der Waals surface area contributed by atoms with Gasteiger partial charge in [0.15, 0.2) is 11.4 Å². The molecule has 10 nitrogen and oxygen atoms in total. The normalized spacial score (nSPS) is 33.7. The first-order valence-electron chi connectivity index (χ1n) is 10.6. The van der Waals surface area contributed by atoms with Crippen molar-refractivity contribution in [3.8, 4) is 5.75 Å². The van der Waals surface area contributed by atoms with E-state index in [1.54, 1.807) is 19.1 Å². The van der Waals surface area contributed by atoms with Crippen LogP contribution in [0.1, 0.15) is 35.2 Å². The van der Waals surface area contributed by atoms with Crippen molar-refractivity contribution < 1.29 is 39.9 Å². The molecule has 0 heterocycles. The van der Waals surface area contributed by atoms with Gasteiger partial charge in [0, 0.05) is 11.5 Å². The summed E-state index contributed by atoms with van der Waals surface area (Å²) in [6.45, 7) is 1.80. The number of Topliss-reactive ketones (excluding diaryl/α,β-unsaturated/α-hetero) is 2. The third kappa shape index (κ3) is 2.74. The molecule has 4 rings (SSSR count). The number of rotatable bonds is 3. The van der Waals surface area contributed by atoms with Crippen LogP contribution in [-0.4, -0.2) is 79.7 Å². The van der Waals surface area contributed by atoms with E-state index in [0.717, 1.165) is 0 Å². The molecule has 1 amide bonds. The van der Waals surface area contributed by atoms with Gasteiger partial charge in [0.25, 0.3) is 5.91 Å². The number of hydrogen-bond acceptors (Lipinski definition) is 9. The summed E-state index contributed by atoms with van der Waals surface area (Å²) in [5.41, 5.74) is 1.46. The average molecular weight is 458 g/mol. The van der Waals surface area contributed by atoms with Crippen LogP contribution in [-0.2, 0) is 9.59 Å². The molecule has 33 heavy (non-hydrogen) atoms. The Kier molecular flexibility index (Phi) is 5.15. The van der Waals surface area contributed by atoms with Crippen LogP contribution in [0.3, 0.4) is 0 Å². The SMILES string of the molecule is CC[C@@H]1c2cccc(O)c2C(=O)C2=C(O)[C@]3(O)C(=O)C(C(N)=O)=C(O)[C@@H](N(C)C)[C@@H]3[C@@H](O)[C@@H]21. The smallest absolute Gasteiger partial charge is 0.255 e. The zero-order chi connectivity index (χ0) is 24.6. The number of likely N-dealkylation sites (N-methyl/N-ethyl adjacent to an activating group) is 1. The maximum atomic E-state index is 13.4. The van der Waals surface area contributed by atoms with Gasteiger partial charge in [0.1, 0.15) is 22.8 Å². The van der Waals surface area contributed by atoms with Crippen molar-refractivity contribution in [3.05, 3.63) is 52.0 Å². The molecule has 1 aromatic rings. The van der Waals surface area contributed by atoms with E-state index in [9.17, 15) is 39.9 Å². The highest BCUT2D eigenvalue weighted by Crippen LogP contribution is 2.56. The lowest BCUT2D eigenvalue weighted by atomic mass is 9.54. The van der Waals surface area contributed by atoms with Crippen LogP contribution in [0.15, 0.2) is 40.9 Å². The van der Waals surface area contributed by atoms with E-state index in [-0.39, 0.29) is 11.3 Å². The lowest BCUT2D eigenvalue weighted by Crippen LogP contribution is -2.68. The quantitative estimate of drug-likeness (QED) is 0.341.